The maximum Gasteiger partial charge on any atom is 0.255 e. The van der Waals surface area contributed by atoms with Gasteiger partial charge in [-0.1, -0.05) is 11.8 Å². The van der Waals surface area contributed by atoms with Gasteiger partial charge in [-0.05, 0) is 24.8 Å². The van der Waals surface area contributed by atoms with Gasteiger partial charge in [-0.2, -0.15) is 0 Å². The van der Waals surface area contributed by atoms with E-state index in [2.05, 4.69) is 9.97 Å². The molecule has 5 heteroatoms. The molecule has 0 aliphatic heterocycles. The molecule has 0 fully saturated rings. The number of carbonyl (C=O) groups excluding carboxylic acids is 1. The van der Waals surface area contributed by atoms with Crippen LogP contribution in [0.5, 0.6) is 0 Å². The molecule has 0 spiro atoms. The van der Waals surface area contributed by atoms with Crippen LogP contribution in [-0.4, -0.2) is 21.5 Å². The van der Waals surface area contributed by atoms with Gasteiger partial charge in [0.2, 0.25) is 0 Å². The smallest absolute Gasteiger partial charge is 0.255 e. The number of hydrogen-bond acceptors (Lipinski definition) is 4. The fraction of sp³-hybridized carbons (Fsp3) is 0.286. The van der Waals surface area contributed by atoms with Gasteiger partial charge in [0.15, 0.2) is 5.16 Å². The first-order valence-electron chi connectivity index (χ1n) is 3.22. The van der Waals surface area contributed by atoms with Gasteiger partial charge < -0.3 is 0 Å². The molecule has 1 aromatic heterocycles. The van der Waals surface area contributed by atoms with Crippen LogP contribution in [0.15, 0.2) is 11.4 Å². The van der Waals surface area contributed by atoms with Gasteiger partial charge in [-0.15, -0.1) is 0 Å². The van der Waals surface area contributed by atoms with Crippen LogP contribution in [0.25, 0.3) is 0 Å². The summed E-state index contributed by atoms with van der Waals surface area (Å²) in [4.78, 5) is 18.7. The number of aryl methyl sites for hydroxylation is 1. The Labute approximate surface area is 79.6 Å². The zero-order chi connectivity index (χ0) is 9.14. The molecular formula is C7H7ClN2OS. The molecule has 12 heavy (non-hydrogen) atoms. The summed E-state index contributed by atoms with van der Waals surface area (Å²) in [5.41, 5.74) is 0.990. The lowest BCUT2D eigenvalue weighted by molar-refractivity contribution is 0.108. The van der Waals surface area contributed by atoms with Crippen molar-refractivity contribution in [3.8, 4) is 0 Å². The van der Waals surface area contributed by atoms with Crippen LogP contribution in [0.1, 0.15) is 16.1 Å². The average Bonchev–Trinajstić information content (AvgIpc) is 2.03. The van der Waals surface area contributed by atoms with Crippen molar-refractivity contribution in [3.05, 3.63) is 17.5 Å². The highest BCUT2D eigenvalue weighted by atomic mass is 35.5. The maximum absolute atomic E-state index is 10.7. The van der Waals surface area contributed by atoms with E-state index in [1.165, 1.54) is 18.0 Å². The second kappa shape index (κ2) is 3.87. The molecule has 0 atom stereocenters. The Morgan fingerprint density at radius 2 is 2.33 bits per heavy atom. The lowest BCUT2D eigenvalue weighted by Gasteiger charge is -1.99. The van der Waals surface area contributed by atoms with E-state index < -0.39 is 5.24 Å². The molecule has 0 N–H and O–H groups in total. The zero-order valence-electron chi connectivity index (χ0n) is 6.67. The van der Waals surface area contributed by atoms with Crippen molar-refractivity contribution in [2.75, 3.05) is 6.26 Å². The minimum Gasteiger partial charge on any atom is -0.275 e. The van der Waals surface area contributed by atoms with Crippen LogP contribution in [-0.2, 0) is 0 Å². The van der Waals surface area contributed by atoms with E-state index in [1.807, 2.05) is 6.26 Å². The Morgan fingerprint density at radius 3 is 2.75 bits per heavy atom. The Hall–Kier alpha value is -0.610. The maximum atomic E-state index is 10.7. The Balaban J connectivity index is 3.12. The van der Waals surface area contributed by atoms with Gasteiger partial charge >= 0.3 is 0 Å². The number of carbonyl (C=O) groups is 1. The predicted molar refractivity (Wildman–Crippen MR) is 48.7 cm³/mol. The summed E-state index contributed by atoms with van der Waals surface area (Å²) in [6.07, 6.45) is 3.32. The Bertz CT molecular complexity index is 316. The molecule has 1 heterocycles. The molecule has 0 saturated heterocycles. The van der Waals surface area contributed by atoms with Crippen LogP contribution in [0.3, 0.4) is 0 Å². The summed E-state index contributed by atoms with van der Waals surface area (Å²) in [7, 11) is 0. The molecule has 0 amide bonds. The van der Waals surface area contributed by atoms with Gasteiger partial charge in [0.05, 0.1) is 11.3 Å². The first-order chi connectivity index (χ1) is 5.65. The number of rotatable bonds is 2. The van der Waals surface area contributed by atoms with Crippen molar-refractivity contribution in [2.45, 2.75) is 12.1 Å². The van der Waals surface area contributed by atoms with Gasteiger partial charge in [-0.3, -0.25) is 4.79 Å². The first kappa shape index (κ1) is 9.48. The highest BCUT2D eigenvalue weighted by Gasteiger charge is 2.07. The predicted octanol–water partition coefficient (Wildman–Crippen LogP) is 1.89. The van der Waals surface area contributed by atoms with E-state index in [0.717, 1.165) is 0 Å². The third-order valence-electron chi connectivity index (χ3n) is 1.35. The van der Waals surface area contributed by atoms with Crippen LogP contribution in [0.4, 0.5) is 0 Å². The van der Waals surface area contributed by atoms with E-state index >= 15 is 0 Å². The van der Waals surface area contributed by atoms with Crippen molar-refractivity contribution in [1.29, 1.82) is 0 Å². The molecule has 64 valence electrons. The third-order valence-corrected chi connectivity index (χ3v) is 2.12. The minimum atomic E-state index is -0.514. The third kappa shape index (κ3) is 1.95. The number of halogens is 1. The Kier molecular flexibility index (Phi) is 3.05. The summed E-state index contributed by atoms with van der Waals surface area (Å²) >= 11 is 6.71. The summed E-state index contributed by atoms with van der Waals surface area (Å²) in [5, 5.41) is 0.134. The minimum absolute atomic E-state index is 0.370. The van der Waals surface area contributed by atoms with Gasteiger partial charge in [0, 0.05) is 6.20 Å². The molecule has 0 saturated carbocycles. The molecule has 0 aliphatic carbocycles. The molecular weight excluding hydrogens is 196 g/mol. The number of hydrogen-bond donors (Lipinski definition) is 0. The van der Waals surface area contributed by atoms with Crippen LogP contribution >= 0.6 is 23.4 Å². The van der Waals surface area contributed by atoms with E-state index in [4.69, 9.17) is 11.6 Å². The molecule has 0 aromatic carbocycles. The zero-order valence-corrected chi connectivity index (χ0v) is 8.24. The molecule has 0 aliphatic rings. The quantitative estimate of drug-likeness (QED) is 0.417. The molecule has 1 aromatic rings. The molecule has 0 unspecified atom stereocenters. The van der Waals surface area contributed by atoms with E-state index in [-0.39, 0.29) is 0 Å². The fourth-order valence-corrected chi connectivity index (χ4v) is 1.31. The largest absolute Gasteiger partial charge is 0.275 e. The molecule has 0 radical (unpaired) electrons. The normalized spacial score (nSPS) is 9.92. The van der Waals surface area contributed by atoms with Crippen LogP contribution in [0.2, 0.25) is 0 Å². The highest BCUT2D eigenvalue weighted by Crippen LogP contribution is 2.12. The van der Waals surface area contributed by atoms with Crippen LogP contribution < -0.4 is 0 Å². The van der Waals surface area contributed by atoms with Crippen molar-refractivity contribution in [3.63, 3.8) is 0 Å². The standard InChI is InChI=1S/C7H7ClN2OS/c1-4-5(6(8)11)3-9-7(10-4)12-2/h3H,1-2H3. The van der Waals surface area contributed by atoms with E-state index in [0.29, 0.717) is 16.4 Å². The lowest BCUT2D eigenvalue weighted by atomic mass is 10.3. The second-order valence-electron chi connectivity index (χ2n) is 2.13. The number of nitrogens with zero attached hydrogens (tertiary/aromatic N) is 2. The van der Waals surface area contributed by atoms with Crippen molar-refractivity contribution in [1.82, 2.24) is 9.97 Å². The van der Waals surface area contributed by atoms with E-state index in [9.17, 15) is 4.79 Å². The highest BCUT2D eigenvalue weighted by molar-refractivity contribution is 7.98. The van der Waals surface area contributed by atoms with Crippen LogP contribution in [0, 0.1) is 6.92 Å². The average molecular weight is 203 g/mol. The fourth-order valence-electron chi connectivity index (χ4n) is 0.737. The summed E-state index contributed by atoms with van der Waals surface area (Å²) in [5.74, 6) is 0. The van der Waals surface area contributed by atoms with E-state index in [1.54, 1.807) is 6.92 Å². The van der Waals surface area contributed by atoms with Crippen molar-refractivity contribution >= 4 is 28.6 Å². The van der Waals surface area contributed by atoms with Crippen molar-refractivity contribution < 1.29 is 4.79 Å². The monoisotopic (exact) mass is 202 g/mol. The summed E-state index contributed by atoms with van der Waals surface area (Å²) in [6.45, 7) is 1.73. The first-order valence-corrected chi connectivity index (χ1v) is 4.83. The summed E-state index contributed by atoms with van der Waals surface area (Å²) in [6, 6.07) is 0. The lowest BCUT2D eigenvalue weighted by Crippen LogP contribution is -1.99. The van der Waals surface area contributed by atoms with Crippen molar-refractivity contribution in [2.24, 2.45) is 0 Å². The molecule has 0 bridgehead atoms. The Morgan fingerprint density at radius 1 is 1.67 bits per heavy atom. The SMILES string of the molecule is CSc1ncc(C(=O)Cl)c(C)n1. The van der Waals surface area contributed by atoms with Gasteiger partial charge in [0.25, 0.3) is 5.24 Å². The number of thioether (sulfide) groups is 1. The second-order valence-corrected chi connectivity index (χ2v) is 3.25. The topological polar surface area (TPSA) is 42.9 Å². The molecule has 3 nitrogen and oxygen atoms in total. The summed E-state index contributed by atoms with van der Waals surface area (Å²) < 4.78 is 0. The number of aromatic nitrogens is 2. The van der Waals surface area contributed by atoms with Gasteiger partial charge in [0.1, 0.15) is 0 Å². The van der Waals surface area contributed by atoms with Gasteiger partial charge in [-0.25, -0.2) is 9.97 Å². The molecule has 1 rings (SSSR count).